The van der Waals surface area contributed by atoms with Crippen LogP contribution in [0.15, 0.2) is 48.5 Å². The van der Waals surface area contributed by atoms with E-state index in [2.05, 4.69) is 10.3 Å². The number of hydrogen-bond donors (Lipinski definition) is 1. The molecule has 0 aliphatic heterocycles. The van der Waals surface area contributed by atoms with Crippen molar-refractivity contribution in [1.82, 2.24) is 10.3 Å². The molecular weight excluding hydrogens is 240 g/mol. The first kappa shape index (κ1) is 13.1. The van der Waals surface area contributed by atoms with E-state index in [1.807, 2.05) is 55.5 Å². The highest BCUT2D eigenvalue weighted by molar-refractivity contribution is 5.67. The van der Waals surface area contributed by atoms with E-state index in [0.29, 0.717) is 6.54 Å². The van der Waals surface area contributed by atoms with Crippen molar-refractivity contribution in [3.05, 3.63) is 65.5 Å². The summed E-state index contributed by atoms with van der Waals surface area (Å²) in [6.45, 7) is 2.56. The number of hydrogen-bond acceptors (Lipinski definition) is 3. The Hall–Kier alpha value is -2.36. The number of nitrogens with one attached hydrogen (secondary N) is 1. The van der Waals surface area contributed by atoms with Gasteiger partial charge in [0.05, 0.1) is 12.2 Å². The van der Waals surface area contributed by atoms with Crippen molar-refractivity contribution in [3.63, 3.8) is 0 Å². The minimum Gasteiger partial charge on any atom is -0.445 e. The number of carbonyl (C=O) groups is 1. The molecule has 1 heterocycles. The van der Waals surface area contributed by atoms with E-state index in [9.17, 15) is 4.79 Å². The number of alkyl carbamates (subject to hydrolysis) is 1. The number of nitrogens with zero attached hydrogens (tertiary/aromatic N) is 1. The van der Waals surface area contributed by atoms with Gasteiger partial charge in [-0.2, -0.15) is 0 Å². The van der Waals surface area contributed by atoms with Crippen LogP contribution in [0, 0.1) is 6.92 Å². The first-order valence-electron chi connectivity index (χ1n) is 6.11. The van der Waals surface area contributed by atoms with E-state index in [0.717, 1.165) is 17.0 Å². The summed E-state index contributed by atoms with van der Waals surface area (Å²) in [6, 6.07) is 15.3. The number of ether oxygens (including phenoxy) is 1. The van der Waals surface area contributed by atoms with E-state index >= 15 is 0 Å². The van der Waals surface area contributed by atoms with Crippen molar-refractivity contribution in [1.29, 1.82) is 0 Å². The summed E-state index contributed by atoms with van der Waals surface area (Å²) in [5, 5.41) is 2.67. The molecule has 1 amide bonds. The van der Waals surface area contributed by atoms with Gasteiger partial charge in [0.15, 0.2) is 0 Å². The molecule has 2 aromatic rings. The van der Waals surface area contributed by atoms with Gasteiger partial charge in [0.2, 0.25) is 0 Å². The molecule has 0 aliphatic carbocycles. The van der Waals surface area contributed by atoms with Crippen molar-refractivity contribution < 1.29 is 9.53 Å². The van der Waals surface area contributed by atoms with Gasteiger partial charge in [-0.3, -0.25) is 4.98 Å². The fraction of sp³-hybridized carbons (Fsp3) is 0.200. The largest absolute Gasteiger partial charge is 0.445 e. The predicted octanol–water partition coefficient (Wildman–Crippen LogP) is 2.82. The lowest BCUT2D eigenvalue weighted by Gasteiger charge is -2.07. The third-order valence-corrected chi connectivity index (χ3v) is 2.57. The molecule has 0 fully saturated rings. The summed E-state index contributed by atoms with van der Waals surface area (Å²) >= 11 is 0. The van der Waals surface area contributed by atoms with Crippen LogP contribution in [0.3, 0.4) is 0 Å². The molecule has 4 nitrogen and oxygen atoms in total. The number of aryl methyl sites for hydroxylation is 1. The van der Waals surface area contributed by atoms with Crippen molar-refractivity contribution >= 4 is 6.09 Å². The normalized spacial score (nSPS) is 9.95. The van der Waals surface area contributed by atoms with Gasteiger partial charge in [-0.1, -0.05) is 36.4 Å². The molecule has 0 unspecified atom stereocenters. The quantitative estimate of drug-likeness (QED) is 0.915. The smallest absolute Gasteiger partial charge is 0.407 e. The van der Waals surface area contributed by atoms with E-state index < -0.39 is 6.09 Å². The summed E-state index contributed by atoms with van der Waals surface area (Å²) in [7, 11) is 0. The zero-order chi connectivity index (χ0) is 13.5. The van der Waals surface area contributed by atoms with Crippen LogP contribution in [0.5, 0.6) is 0 Å². The van der Waals surface area contributed by atoms with Crippen LogP contribution in [-0.4, -0.2) is 11.1 Å². The van der Waals surface area contributed by atoms with E-state index in [-0.39, 0.29) is 6.61 Å². The molecule has 19 heavy (non-hydrogen) atoms. The van der Waals surface area contributed by atoms with E-state index in [4.69, 9.17) is 4.74 Å². The molecule has 0 aliphatic rings. The Morgan fingerprint density at radius 3 is 2.68 bits per heavy atom. The minimum absolute atomic E-state index is 0.272. The number of pyridine rings is 1. The standard InChI is InChI=1S/C15H16N2O2/c1-12-6-5-9-14(17-12)10-16-15(18)19-11-13-7-3-2-4-8-13/h2-9H,10-11H2,1H3,(H,16,18). The Bertz CT molecular complexity index is 541. The molecule has 0 bridgehead atoms. The molecule has 1 aromatic heterocycles. The van der Waals surface area contributed by atoms with Crippen LogP contribution >= 0.6 is 0 Å². The lowest BCUT2D eigenvalue weighted by atomic mass is 10.2. The van der Waals surface area contributed by atoms with Crippen molar-refractivity contribution in [2.24, 2.45) is 0 Å². The molecule has 0 radical (unpaired) electrons. The number of rotatable bonds is 4. The third kappa shape index (κ3) is 4.43. The highest BCUT2D eigenvalue weighted by Gasteiger charge is 2.03. The summed E-state index contributed by atoms with van der Waals surface area (Å²) in [5.41, 5.74) is 2.71. The Morgan fingerprint density at radius 1 is 1.16 bits per heavy atom. The Kier molecular flexibility index (Phi) is 4.50. The Morgan fingerprint density at radius 2 is 1.95 bits per heavy atom. The number of carbonyl (C=O) groups excluding carboxylic acids is 1. The van der Waals surface area contributed by atoms with Gasteiger partial charge in [0.1, 0.15) is 6.61 Å². The first-order valence-corrected chi connectivity index (χ1v) is 6.11. The summed E-state index contributed by atoms with van der Waals surface area (Å²) in [5.74, 6) is 0. The molecule has 2 rings (SSSR count). The molecule has 0 spiro atoms. The number of amides is 1. The van der Waals surface area contributed by atoms with Gasteiger partial charge < -0.3 is 10.1 Å². The van der Waals surface area contributed by atoms with E-state index in [1.54, 1.807) is 0 Å². The second kappa shape index (κ2) is 6.54. The average molecular weight is 256 g/mol. The van der Waals surface area contributed by atoms with Crippen LogP contribution in [0.4, 0.5) is 4.79 Å². The SMILES string of the molecule is Cc1cccc(CNC(=O)OCc2ccccc2)n1. The topological polar surface area (TPSA) is 51.2 Å². The molecule has 1 N–H and O–H groups in total. The molecular formula is C15H16N2O2. The van der Waals surface area contributed by atoms with Gasteiger partial charge in [0, 0.05) is 5.69 Å². The lowest BCUT2D eigenvalue weighted by molar-refractivity contribution is 0.139. The molecule has 0 saturated carbocycles. The van der Waals surface area contributed by atoms with Crippen LogP contribution in [-0.2, 0) is 17.9 Å². The van der Waals surface area contributed by atoms with Gasteiger partial charge in [-0.05, 0) is 24.6 Å². The second-order valence-corrected chi connectivity index (χ2v) is 4.19. The predicted molar refractivity (Wildman–Crippen MR) is 72.4 cm³/mol. The van der Waals surface area contributed by atoms with Gasteiger partial charge >= 0.3 is 6.09 Å². The van der Waals surface area contributed by atoms with Gasteiger partial charge in [0.25, 0.3) is 0 Å². The van der Waals surface area contributed by atoms with Crippen molar-refractivity contribution in [2.45, 2.75) is 20.1 Å². The summed E-state index contributed by atoms with van der Waals surface area (Å²) in [6.07, 6.45) is -0.438. The molecule has 98 valence electrons. The van der Waals surface area contributed by atoms with E-state index in [1.165, 1.54) is 0 Å². The average Bonchev–Trinajstić information content (AvgIpc) is 2.44. The summed E-state index contributed by atoms with van der Waals surface area (Å²) < 4.78 is 5.10. The zero-order valence-corrected chi connectivity index (χ0v) is 10.8. The maximum Gasteiger partial charge on any atom is 0.407 e. The third-order valence-electron chi connectivity index (χ3n) is 2.57. The Labute approximate surface area is 112 Å². The highest BCUT2D eigenvalue weighted by atomic mass is 16.5. The number of aromatic nitrogens is 1. The molecule has 1 aromatic carbocycles. The highest BCUT2D eigenvalue weighted by Crippen LogP contribution is 2.01. The second-order valence-electron chi connectivity index (χ2n) is 4.19. The maximum atomic E-state index is 11.5. The fourth-order valence-corrected chi connectivity index (χ4v) is 1.63. The Balaban J connectivity index is 1.76. The van der Waals surface area contributed by atoms with Crippen LogP contribution in [0.2, 0.25) is 0 Å². The van der Waals surface area contributed by atoms with Crippen LogP contribution < -0.4 is 5.32 Å². The molecule has 0 saturated heterocycles. The zero-order valence-electron chi connectivity index (χ0n) is 10.8. The van der Waals surface area contributed by atoms with Gasteiger partial charge in [-0.25, -0.2) is 4.79 Å². The van der Waals surface area contributed by atoms with Crippen molar-refractivity contribution in [2.75, 3.05) is 0 Å². The lowest BCUT2D eigenvalue weighted by Crippen LogP contribution is -2.24. The van der Waals surface area contributed by atoms with Crippen LogP contribution in [0.1, 0.15) is 17.0 Å². The maximum absolute atomic E-state index is 11.5. The first-order chi connectivity index (χ1) is 9.24. The minimum atomic E-state index is -0.438. The van der Waals surface area contributed by atoms with Crippen molar-refractivity contribution in [3.8, 4) is 0 Å². The monoisotopic (exact) mass is 256 g/mol. The van der Waals surface area contributed by atoms with Crippen LogP contribution in [0.25, 0.3) is 0 Å². The number of benzene rings is 1. The van der Waals surface area contributed by atoms with Gasteiger partial charge in [-0.15, -0.1) is 0 Å². The molecule has 0 atom stereocenters. The summed E-state index contributed by atoms with van der Waals surface area (Å²) in [4.78, 5) is 15.8. The molecule has 4 heteroatoms. The fourth-order valence-electron chi connectivity index (χ4n) is 1.63.